The van der Waals surface area contributed by atoms with Gasteiger partial charge in [0.05, 0.1) is 6.61 Å². The third-order valence-electron chi connectivity index (χ3n) is 1.06. The van der Waals surface area contributed by atoms with Crippen molar-refractivity contribution in [2.45, 2.75) is 26.6 Å². The van der Waals surface area contributed by atoms with Crippen LogP contribution in [0.5, 0.6) is 0 Å². The molecule has 0 aliphatic carbocycles. The molecule has 0 saturated carbocycles. The number of hydrogen-bond acceptors (Lipinski definition) is 2. The van der Waals surface area contributed by atoms with Crippen LogP contribution in [0.3, 0.4) is 0 Å². The van der Waals surface area contributed by atoms with Crippen LogP contribution in [0.25, 0.3) is 0 Å². The fourth-order valence-corrected chi connectivity index (χ4v) is 0.683. The van der Waals surface area contributed by atoms with Crippen LogP contribution < -0.4 is 0 Å². The maximum Gasteiger partial charge on any atom is 0.159 e. The Morgan fingerprint density at radius 1 is 1.20 bits per heavy atom. The van der Waals surface area contributed by atoms with Gasteiger partial charge in [-0.2, -0.15) is 0 Å². The molecule has 0 aliphatic heterocycles. The van der Waals surface area contributed by atoms with Crippen LogP contribution in [0, 0.1) is 0 Å². The Morgan fingerprint density at radius 3 is 2.00 bits per heavy atom. The molecule has 0 aromatic carbocycles. The third kappa shape index (κ3) is 4.73. The fourth-order valence-electron chi connectivity index (χ4n) is 0.683. The van der Waals surface area contributed by atoms with E-state index in [9.17, 15) is 5.11 Å². The first kappa shape index (κ1) is 9.88. The first-order valence-electron chi connectivity index (χ1n) is 3.66. The molecular formula is C7H15O3. The molecule has 0 heterocycles. The Kier molecular flexibility index (Phi) is 6.91. The quantitative estimate of drug-likeness (QED) is 0.529. The highest BCUT2D eigenvalue weighted by Gasteiger charge is 2.05. The number of hydrogen-bond donors (Lipinski definition) is 0. The summed E-state index contributed by atoms with van der Waals surface area (Å²) < 4.78 is 10.2. The Balaban J connectivity index is 3.30. The standard InChI is InChI=1S/C7H15O3/c1-3-9-7(5-6-8)10-4-2/h7H,3-6H2,1-2H3. The second-order valence-electron chi connectivity index (χ2n) is 1.83. The minimum absolute atomic E-state index is 0.134. The van der Waals surface area contributed by atoms with E-state index < -0.39 is 0 Å². The predicted molar refractivity (Wildman–Crippen MR) is 37.2 cm³/mol. The van der Waals surface area contributed by atoms with Gasteiger partial charge in [0.2, 0.25) is 0 Å². The van der Waals surface area contributed by atoms with Crippen molar-refractivity contribution < 1.29 is 14.6 Å². The second kappa shape index (κ2) is 6.99. The maximum atomic E-state index is 10.1. The van der Waals surface area contributed by atoms with Crippen molar-refractivity contribution in [3.63, 3.8) is 0 Å². The van der Waals surface area contributed by atoms with Gasteiger partial charge in [-0.1, -0.05) is 0 Å². The van der Waals surface area contributed by atoms with Gasteiger partial charge in [-0.15, -0.1) is 0 Å². The van der Waals surface area contributed by atoms with Crippen molar-refractivity contribution >= 4 is 0 Å². The summed E-state index contributed by atoms with van der Waals surface area (Å²) in [6, 6.07) is 0. The monoisotopic (exact) mass is 147 g/mol. The average molecular weight is 147 g/mol. The van der Waals surface area contributed by atoms with Gasteiger partial charge in [0, 0.05) is 19.6 Å². The maximum absolute atomic E-state index is 10.1. The normalized spacial score (nSPS) is 10.8. The van der Waals surface area contributed by atoms with Gasteiger partial charge in [0.15, 0.2) is 6.29 Å². The van der Waals surface area contributed by atoms with E-state index in [0.29, 0.717) is 19.6 Å². The van der Waals surface area contributed by atoms with Gasteiger partial charge in [0.1, 0.15) is 0 Å². The van der Waals surface area contributed by atoms with E-state index in [1.54, 1.807) is 0 Å². The molecule has 0 rings (SSSR count). The lowest BCUT2D eigenvalue weighted by atomic mass is 10.4. The van der Waals surface area contributed by atoms with Crippen LogP contribution >= 0.6 is 0 Å². The van der Waals surface area contributed by atoms with E-state index in [4.69, 9.17) is 9.47 Å². The zero-order valence-corrected chi connectivity index (χ0v) is 6.63. The van der Waals surface area contributed by atoms with Crippen molar-refractivity contribution in [3.05, 3.63) is 0 Å². The summed E-state index contributed by atoms with van der Waals surface area (Å²) in [7, 11) is 0. The third-order valence-corrected chi connectivity index (χ3v) is 1.06. The zero-order valence-electron chi connectivity index (χ0n) is 6.63. The first-order valence-corrected chi connectivity index (χ1v) is 3.66. The summed E-state index contributed by atoms with van der Waals surface area (Å²) in [5.41, 5.74) is 0. The molecule has 0 atom stereocenters. The van der Waals surface area contributed by atoms with Gasteiger partial charge < -0.3 is 9.47 Å². The van der Waals surface area contributed by atoms with Crippen molar-refractivity contribution in [1.82, 2.24) is 0 Å². The molecule has 1 radical (unpaired) electrons. The van der Waals surface area contributed by atoms with Gasteiger partial charge in [0.25, 0.3) is 0 Å². The van der Waals surface area contributed by atoms with Crippen molar-refractivity contribution in [1.29, 1.82) is 0 Å². The Bertz CT molecular complexity index is 51.6. The van der Waals surface area contributed by atoms with Crippen LogP contribution in [-0.4, -0.2) is 26.1 Å². The Morgan fingerprint density at radius 2 is 1.70 bits per heavy atom. The molecule has 0 N–H and O–H groups in total. The molecule has 0 saturated heterocycles. The molecule has 0 aliphatic rings. The zero-order chi connectivity index (χ0) is 7.82. The summed E-state index contributed by atoms with van der Waals surface area (Å²) in [5.74, 6) is 0. The topological polar surface area (TPSA) is 38.4 Å². The highest BCUT2D eigenvalue weighted by molar-refractivity contribution is 4.41. The van der Waals surface area contributed by atoms with Gasteiger partial charge in [-0.3, -0.25) is 0 Å². The molecule has 0 unspecified atom stereocenters. The molecule has 0 fully saturated rings. The van der Waals surface area contributed by atoms with Crippen LogP contribution in [0.15, 0.2) is 0 Å². The van der Waals surface area contributed by atoms with E-state index in [1.807, 2.05) is 13.8 Å². The van der Waals surface area contributed by atoms with Crippen LogP contribution in [0.2, 0.25) is 0 Å². The van der Waals surface area contributed by atoms with Crippen LogP contribution in [0.4, 0.5) is 0 Å². The van der Waals surface area contributed by atoms with Crippen LogP contribution in [-0.2, 0) is 14.6 Å². The molecule has 0 amide bonds. The lowest BCUT2D eigenvalue weighted by Crippen LogP contribution is -2.18. The Hall–Kier alpha value is -0.120. The van der Waals surface area contributed by atoms with E-state index >= 15 is 0 Å². The molecule has 3 nitrogen and oxygen atoms in total. The first-order chi connectivity index (χ1) is 4.85. The second-order valence-corrected chi connectivity index (χ2v) is 1.83. The summed E-state index contributed by atoms with van der Waals surface area (Å²) in [6.45, 7) is 4.84. The number of ether oxygens (including phenoxy) is 2. The summed E-state index contributed by atoms with van der Waals surface area (Å²) in [5, 5.41) is 10.1. The van der Waals surface area contributed by atoms with Gasteiger partial charge in [-0.25, -0.2) is 5.11 Å². The molecule has 61 valence electrons. The SMILES string of the molecule is CCOC(CC[O])OCC. The molecule has 0 spiro atoms. The molecule has 10 heavy (non-hydrogen) atoms. The van der Waals surface area contributed by atoms with Crippen LogP contribution in [0.1, 0.15) is 20.3 Å². The lowest BCUT2D eigenvalue weighted by Gasteiger charge is -2.14. The molecule has 0 bridgehead atoms. The minimum Gasteiger partial charge on any atom is -0.353 e. The summed E-state index contributed by atoms with van der Waals surface area (Å²) in [4.78, 5) is 0. The molecule has 3 heteroatoms. The van der Waals surface area contributed by atoms with E-state index in [-0.39, 0.29) is 12.9 Å². The highest BCUT2D eigenvalue weighted by atomic mass is 16.7. The molecular weight excluding hydrogens is 132 g/mol. The minimum atomic E-state index is -0.285. The van der Waals surface area contributed by atoms with Crippen molar-refractivity contribution in [3.8, 4) is 0 Å². The largest absolute Gasteiger partial charge is 0.353 e. The van der Waals surface area contributed by atoms with Crippen molar-refractivity contribution in [2.24, 2.45) is 0 Å². The highest BCUT2D eigenvalue weighted by Crippen LogP contribution is 1.99. The van der Waals surface area contributed by atoms with E-state index in [0.717, 1.165) is 0 Å². The van der Waals surface area contributed by atoms with E-state index in [1.165, 1.54) is 0 Å². The van der Waals surface area contributed by atoms with Gasteiger partial charge in [-0.05, 0) is 13.8 Å². The Labute approximate surface area is 62.0 Å². The van der Waals surface area contributed by atoms with Gasteiger partial charge >= 0.3 is 0 Å². The fraction of sp³-hybridized carbons (Fsp3) is 1.00. The van der Waals surface area contributed by atoms with E-state index in [2.05, 4.69) is 0 Å². The summed E-state index contributed by atoms with van der Waals surface area (Å²) in [6.07, 6.45) is 0.161. The predicted octanol–water partition coefficient (Wildman–Crippen LogP) is 1.21. The smallest absolute Gasteiger partial charge is 0.159 e. The van der Waals surface area contributed by atoms with Crippen molar-refractivity contribution in [2.75, 3.05) is 19.8 Å². The summed E-state index contributed by atoms with van der Waals surface area (Å²) >= 11 is 0. The molecule has 0 aromatic rings. The number of rotatable bonds is 6. The average Bonchev–Trinajstić information content (AvgIpc) is 1.90. The lowest BCUT2D eigenvalue weighted by molar-refractivity contribution is -0.146. The molecule has 0 aromatic heterocycles.